The van der Waals surface area contributed by atoms with Gasteiger partial charge in [-0.15, -0.1) is 11.3 Å². The molecule has 0 unspecified atom stereocenters. The summed E-state index contributed by atoms with van der Waals surface area (Å²) < 4.78 is 6.05. The lowest BCUT2D eigenvalue weighted by Gasteiger charge is -2.11. The van der Waals surface area contributed by atoms with Gasteiger partial charge in [0.15, 0.2) is 0 Å². The molecule has 1 saturated carbocycles. The Bertz CT molecular complexity index is 722. The highest BCUT2D eigenvalue weighted by molar-refractivity contribution is 9.10. The van der Waals surface area contributed by atoms with Crippen molar-refractivity contribution in [3.05, 3.63) is 21.8 Å². The van der Waals surface area contributed by atoms with Crippen molar-refractivity contribution < 1.29 is 19.2 Å². The van der Waals surface area contributed by atoms with Crippen LogP contribution in [0.25, 0.3) is 10.7 Å². The summed E-state index contributed by atoms with van der Waals surface area (Å²) in [4.78, 5) is 27.9. The highest BCUT2D eigenvalue weighted by Crippen LogP contribution is 2.35. The summed E-state index contributed by atoms with van der Waals surface area (Å²) in [5.41, 5.74) is -1.06. The summed E-state index contributed by atoms with van der Waals surface area (Å²) in [5, 5.41) is 17.3. The minimum Gasteiger partial charge on any atom is -0.480 e. The molecular weight excluding hydrogens is 374 g/mol. The Morgan fingerprint density at radius 1 is 1.50 bits per heavy atom. The molecular formula is C13H12BrN3O4S. The van der Waals surface area contributed by atoms with Gasteiger partial charge in [0, 0.05) is 22.7 Å². The molecule has 2 aromatic heterocycles. The largest absolute Gasteiger partial charge is 0.480 e. The van der Waals surface area contributed by atoms with Crippen molar-refractivity contribution in [1.82, 2.24) is 15.5 Å². The topological polar surface area (TPSA) is 105 Å². The van der Waals surface area contributed by atoms with E-state index in [1.807, 2.05) is 11.4 Å². The van der Waals surface area contributed by atoms with Gasteiger partial charge in [0.25, 0.3) is 0 Å². The third kappa shape index (κ3) is 3.20. The molecule has 116 valence electrons. The first kappa shape index (κ1) is 15.2. The van der Waals surface area contributed by atoms with E-state index in [1.54, 1.807) is 0 Å². The van der Waals surface area contributed by atoms with Crippen molar-refractivity contribution in [1.29, 1.82) is 0 Å². The van der Waals surface area contributed by atoms with Crippen LogP contribution in [0.4, 0.5) is 0 Å². The summed E-state index contributed by atoms with van der Waals surface area (Å²) >= 11 is 4.84. The molecule has 0 aromatic carbocycles. The second-order valence-electron chi connectivity index (χ2n) is 5.08. The molecule has 2 heterocycles. The highest BCUT2D eigenvalue weighted by Gasteiger charge is 2.51. The van der Waals surface area contributed by atoms with Gasteiger partial charge in [-0.25, -0.2) is 4.79 Å². The lowest BCUT2D eigenvalue weighted by molar-refractivity contribution is -0.143. The molecule has 22 heavy (non-hydrogen) atoms. The van der Waals surface area contributed by atoms with Crippen molar-refractivity contribution in [2.24, 2.45) is 0 Å². The van der Waals surface area contributed by atoms with E-state index in [1.165, 1.54) is 11.3 Å². The Morgan fingerprint density at radius 3 is 2.86 bits per heavy atom. The van der Waals surface area contributed by atoms with Gasteiger partial charge < -0.3 is 14.9 Å². The van der Waals surface area contributed by atoms with Crippen molar-refractivity contribution in [3.63, 3.8) is 0 Å². The number of aryl methyl sites for hydroxylation is 1. The van der Waals surface area contributed by atoms with E-state index < -0.39 is 11.5 Å². The molecule has 2 aromatic rings. The summed E-state index contributed by atoms with van der Waals surface area (Å²) in [6.07, 6.45) is 1.35. The number of amides is 1. The van der Waals surface area contributed by atoms with Crippen LogP contribution in [0, 0.1) is 0 Å². The standard InChI is InChI=1S/C13H12BrN3O4S/c14-7-5-8(22-6-7)11-15-10(21-17-11)2-1-9(18)16-13(3-4-13)12(19)20/h5-6H,1-4H2,(H,16,18)(H,19,20). The molecule has 0 spiro atoms. The van der Waals surface area contributed by atoms with E-state index in [9.17, 15) is 9.59 Å². The quantitative estimate of drug-likeness (QED) is 0.789. The summed E-state index contributed by atoms with van der Waals surface area (Å²) in [5.74, 6) is -0.465. The van der Waals surface area contributed by atoms with E-state index in [-0.39, 0.29) is 18.7 Å². The van der Waals surface area contributed by atoms with Crippen molar-refractivity contribution in [2.75, 3.05) is 0 Å². The molecule has 2 N–H and O–H groups in total. The van der Waals surface area contributed by atoms with Gasteiger partial charge in [0.2, 0.25) is 17.6 Å². The fourth-order valence-corrected chi connectivity index (χ4v) is 3.31. The second-order valence-corrected chi connectivity index (χ2v) is 6.90. The van der Waals surface area contributed by atoms with Crippen LogP contribution >= 0.6 is 27.3 Å². The predicted molar refractivity (Wildman–Crippen MR) is 81.4 cm³/mol. The number of carboxylic acid groups (broad SMARTS) is 1. The molecule has 0 aliphatic heterocycles. The number of nitrogens with one attached hydrogen (secondary N) is 1. The first-order valence-electron chi connectivity index (χ1n) is 6.60. The van der Waals surface area contributed by atoms with E-state index in [0.29, 0.717) is 24.6 Å². The number of halogens is 1. The minimum absolute atomic E-state index is 0.116. The van der Waals surface area contributed by atoms with Crippen LogP contribution in [0.15, 0.2) is 20.4 Å². The fourth-order valence-electron chi connectivity index (χ4n) is 1.95. The predicted octanol–water partition coefficient (Wildman–Crippen LogP) is 2.23. The normalized spacial score (nSPS) is 15.5. The molecule has 1 aliphatic rings. The molecule has 3 rings (SSSR count). The van der Waals surface area contributed by atoms with Crippen LogP contribution in [0.1, 0.15) is 25.2 Å². The Hall–Kier alpha value is -1.74. The van der Waals surface area contributed by atoms with E-state index in [0.717, 1.165) is 9.35 Å². The van der Waals surface area contributed by atoms with Gasteiger partial charge in [-0.2, -0.15) is 4.98 Å². The van der Waals surface area contributed by atoms with Crippen LogP contribution < -0.4 is 5.32 Å². The first-order chi connectivity index (χ1) is 10.5. The lowest BCUT2D eigenvalue weighted by atomic mass is 10.2. The molecule has 0 atom stereocenters. The van der Waals surface area contributed by atoms with Gasteiger partial charge >= 0.3 is 5.97 Å². The van der Waals surface area contributed by atoms with Crippen molar-refractivity contribution in [2.45, 2.75) is 31.2 Å². The van der Waals surface area contributed by atoms with Crippen molar-refractivity contribution >= 4 is 39.1 Å². The summed E-state index contributed by atoms with van der Waals surface area (Å²) in [6.45, 7) is 0. The monoisotopic (exact) mass is 385 g/mol. The number of hydrogen-bond acceptors (Lipinski definition) is 6. The lowest BCUT2D eigenvalue weighted by Crippen LogP contribution is -2.43. The van der Waals surface area contributed by atoms with E-state index in [2.05, 4.69) is 31.4 Å². The zero-order valence-corrected chi connectivity index (χ0v) is 13.7. The minimum atomic E-state index is -1.06. The summed E-state index contributed by atoms with van der Waals surface area (Å²) in [6, 6.07) is 1.88. The van der Waals surface area contributed by atoms with E-state index >= 15 is 0 Å². The molecule has 0 saturated heterocycles. The molecule has 0 bridgehead atoms. The molecule has 1 amide bonds. The zero-order chi connectivity index (χ0) is 15.7. The SMILES string of the molecule is O=C(CCc1nc(-c2cc(Br)cs2)no1)NC1(C(=O)O)CC1. The molecule has 0 radical (unpaired) electrons. The zero-order valence-electron chi connectivity index (χ0n) is 11.3. The summed E-state index contributed by atoms with van der Waals surface area (Å²) in [7, 11) is 0. The first-order valence-corrected chi connectivity index (χ1v) is 8.27. The maximum atomic E-state index is 11.8. The number of rotatable bonds is 6. The average Bonchev–Trinajstić information content (AvgIpc) is 2.92. The third-order valence-electron chi connectivity index (χ3n) is 3.36. The van der Waals surface area contributed by atoms with Crippen LogP contribution in [-0.2, 0) is 16.0 Å². The van der Waals surface area contributed by atoms with Gasteiger partial charge in [0.05, 0.1) is 4.88 Å². The second kappa shape index (κ2) is 5.81. The van der Waals surface area contributed by atoms with Crippen LogP contribution in [0.5, 0.6) is 0 Å². The maximum absolute atomic E-state index is 11.8. The number of aliphatic carboxylic acids is 1. The third-order valence-corrected chi connectivity index (χ3v) is 5.05. The average molecular weight is 386 g/mol. The van der Waals surface area contributed by atoms with Gasteiger partial charge in [-0.1, -0.05) is 5.16 Å². The molecule has 1 aliphatic carbocycles. The Labute approximate surface area is 137 Å². The van der Waals surface area contributed by atoms with Crippen molar-refractivity contribution in [3.8, 4) is 10.7 Å². The van der Waals surface area contributed by atoms with Gasteiger partial charge in [0.1, 0.15) is 5.54 Å². The molecule has 1 fully saturated rings. The number of carbonyl (C=O) groups is 2. The van der Waals surface area contributed by atoms with Crippen LogP contribution in [0.3, 0.4) is 0 Å². The fraction of sp³-hybridized carbons (Fsp3) is 0.385. The Balaban J connectivity index is 1.55. The van der Waals surface area contributed by atoms with Gasteiger partial charge in [-0.05, 0) is 34.8 Å². The Kier molecular flexibility index (Phi) is 4.00. The number of hydrogen-bond donors (Lipinski definition) is 2. The molecule has 7 nitrogen and oxygen atoms in total. The van der Waals surface area contributed by atoms with E-state index in [4.69, 9.17) is 9.63 Å². The Morgan fingerprint density at radius 2 is 2.27 bits per heavy atom. The van der Waals surface area contributed by atoms with Gasteiger partial charge in [-0.3, -0.25) is 4.79 Å². The number of carbonyl (C=O) groups excluding carboxylic acids is 1. The molecule has 9 heteroatoms. The maximum Gasteiger partial charge on any atom is 0.329 e. The van der Waals surface area contributed by atoms with Crippen LogP contribution in [0.2, 0.25) is 0 Å². The highest BCUT2D eigenvalue weighted by atomic mass is 79.9. The number of aromatic nitrogens is 2. The number of carboxylic acids is 1. The smallest absolute Gasteiger partial charge is 0.329 e. The van der Waals surface area contributed by atoms with Crippen LogP contribution in [-0.4, -0.2) is 32.7 Å². The number of thiophene rings is 1. The number of nitrogens with zero attached hydrogens (tertiary/aromatic N) is 2.